The molecule has 1 fully saturated rings. The maximum atomic E-state index is 13.8. The zero-order valence-electron chi connectivity index (χ0n) is 16.1. The van der Waals surface area contributed by atoms with Crippen LogP contribution in [0.4, 0.5) is 15.9 Å². The molecule has 3 aromatic rings. The van der Waals surface area contributed by atoms with E-state index in [2.05, 4.69) is 39.6 Å². The number of anilines is 2. The SMILES string of the molecule is O=C(c1cc(Nc2ccccc2F)ncn1)N1CCC(Cc2ccccc2)CC1. The number of amides is 1. The molecule has 0 radical (unpaired) electrons. The van der Waals surface area contributed by atoms with Crippen molar-refractivity contribution < 1.29 is 9.18 Å². The van der Waals surface area contributed by atoms with E-state index in [1.807, 2.05) is 11.0 Å². The normalized spacial score (nSPS) is 14.6. The standard InChI is InChI=1S/C23H23FN4O/c24-19-8-4-5-9-20(19)27-22-15-21(25-16-26-22)23(29)28-12-10-18(11-13-28)14-17-6-2-1-3-7-17/h1-9,15-16,18H,10-14H2,(H,25,26,27). The van der Waals surface area contributed by atoms with Crippen molar-refractivity contribution in [1.82, 2.24) is 14.9 Å². The van der Waals surface area contributed by atoms with Gasteiger partial charge in [0.15, 0.2) is 0 Å². The van der Waals surface area contributed by atoms with E-state index in [0.717, 1.165) is 32.4 Å². The Labute approximate surface area is 169 Å². The van der Waals surface area contributed by atoms with Gasteiger partial charge >= 0.3 is 0 Å². The molecule has 1 saturated heterocycles. The summed E-state index contributed by atoms with van der Waals surface area (Å²) in [5.41, 5.74) is 1.98. The van der Waals surface area contributed by atoms with Crippen LogP contribution >= 0.6 is 0 Å². The molecule has 0 spiro atoms. The summed E-state index contributed by atoms with van der Waals surface area (Å²) >= 11 is 0. The minimum Gasteiger partial charge on any atom is -0.338 e. The maximum Gasteiger partial charge on any atom is 0.272 e. The smallest absolute Gasteiger partial charge is 0.272 e. The van der Waals surface area contributed by atoms with Crippen LogP contribution in [0.2, 0.25) is 0 Å². The van der Waals surface area contributed by atoms with Crippen molar-refractivity contribution in [2.75, 3.05) is 18.4 Å². The molecule has 5 nitrogen and oxygen atoms in total. The van der Waals surface area contributed by atoms with Crippen LogP contribution in [0.1, 0.15) is 28.9 Å². The van der Waals surface area contributed by atoms with Gasteiger partial charge in [-0.1, -0.05) is 42.5 Å². The molecule has 1 aliphatic rings. The molecule has 0 bridgehead atoms. The predicted molar refractivity (Wildman–Crippen MR) is 110 cm³/mol. The average Bonchev–Trinajstić information content (AvgIpc) is 2.76. The summed E-state index contributed by atoms with van der Waals surface area (Å²) in [6, 6.07) is 18.4. The minimum absolute atomic E-state index is 0.109. The number of carbonyl (C=O) groups is 1. The fourth-order valence-corrected chi connectivity index (χ4v) is 3.69. The highest BCUT2D eigenvalue weighted by molar-refractivity contribution is 5.93. The largest absolute Gasteiger partial charge is 0.338 e. The van der Waals surface area contributed by atoms with Crippen LogP contribution in [0.3, 0.4) is 0 Å². The summed E-state index contributed by atoms with van der Waals surface area (Å²) in [4.78, 5) is 22.9. The number of aromatic nitrogens is 2. The third-order valence-corrected chi connectivity index (χ3v) is 5.29. The van der Waals surface area contributed by atoms with Crippen LogP contribution in [-0.2, 0) is 6.42 Å². The molecule has 1 aliphatic heterocycles. The summed E-state index contributed by atoms with van der Waals surface area (Å²) < 4.78 is 13.8. The number of piperidine rings is 1. The molecule has 29 heavy (non-hydrogen) atoms. The van der Waals surface area contributed by atoms with E-state index in [-0.39, 0.29) is 11.7 Å². The molecule has 0 aliphatic carbocycles. The lowest BCUT2D eigenvalue weighted by molar-refractivity contribution is 0.0684. The molecule has 0 unspecified atom stereocenters. The average molecular weight is 390 g/mol. The first kappa shape index (κ1) is 19.1. The van der Waals surface area contributed by atoms with Crippen molar-refractivity contribution >= 4 is 17.4 Å². The molecule has 0 saturated carbocycles. The molecule has 1 N–H and O–H groups in total. The number of rotatable bonds is 5. The second-order valence-electron chi connectivity index (χ2n) is 7.32. The summed E-state index contributed by atoms with van der Waals surface area (Å²) in [6.07, 6.45) is 4.34. The minimum atomic E-state index is -0.375. The molecule has 2 aromatic carbocycles. The lowest BCUT2D eigenvalue weighted by atomic mass is 9.90. The number of nitrogens with zero attached hydrogens (tertiary/aromatic N) is 3. The van der Waals surface area contributed by atoms with Crippen LogP contribution in [0.5, 0.6) is 0 Å². The number of nitrogens with one attached hydrogen (secondary N) is 1. The first-order valence-corrected chi connectivity index (χ1v) is 9.86. The van der Waals surface area contributed by atoms with E-state index in [4.69, 9.17) is 0 Å². The summed E-state index contributed by atoms with van der Waals surface area (Å²) in [6.45, 7) is 1.44. The number of benzene rings is 2. The highest BCUT2D eigenvalue weighted by Crippen LogP contribution is 2.23. The molecule has 4 rings (SSSR count). The van der Waals surface area contributed by atoms with Gasteiger partial charge in [-0.3, -0.25) is 4.79 Å². The Balaban J connectivity index is 1.37. The molecular formula is C23H23FN4O. The maximum absolute atomic E-state index is 13.8. The van der Waals surface area contributed by atoms with Gasteiger partial charge in [0.2, 0.25) is 0 Å². The summed E-state index contributed by atoms with van der Waals surface area (Å²) in [5.74, 6) is 0.499. The first-order valence-electron chi connectivity index (χ1n) is 9.86. The Hall–Kier alpha value is -3.28. The van der Waals surface area contributed by atoms with E-state index in [9.17, 15) is 9.18 Å². The molecule has 0 atom stereocenters. The second-order valence-corrected chi connectivity index (χ2v) is 7.32. The van der Waals surface area contributed by atoms with Crippen molar-refractivity contribution in [2.24, 2.45) is 5.92 Å². The predicted octanol–water partition coefficient (Wildman–Crippen LogP) is 4.45. The van der Waals surface area contributed by atoms with E-state index in [0.29, 0.717) is 23.1 Å². The van der Waals surface area contributed by atoms with Crippen molar-refractivity contribution in [2.45, 2.75) is 19.3 Å². The Morgan fingerprint density at radius 3 is 2.52 bits per heavy atom. The highest BCUT2D eigenvalue weighted by atomic mass is 19.1. The van der Waals surface area contributed by atoms with Gasteiger partial charge in [0.05, 0.1) is 5.69 Å². The van der Waals surface area contributed by atoms with Crippen molar-refractivity contribution in [1.29, 1.82) is 0 Å². The second kappa shape index (κ2) is 8.82. The van der Waals surface area contributed by atoms with Crippen molar-refractivity contribution in [3.05, 3.63) is 84.1 Å². The molecule has 6 heteroatoms. The third kappa shape index (κ3) is 4.77. The fraction of sp³-hybridized carbons (Fsp3) is 0.261. The van der Waals surface area contributed by atoms with Crippen LogP contribution < -0.4 is 5.32 Å². The van der Waals surface area contributed by atoms with Crippen LogP contribution in [0, 0.1) is 11.7 Å². The van der Waals surface area contributed by atoms with Crippen LogP contribution in [-0.4, -0.2) is 33.9 Å². The Bertz CT molecular complexity index is 971. The Morgan fingerprint density at radius 1 is 1.03 bits per heavy atom. The summed E-state index contributed by atoms with van der Waals surface area (Å²) in [5, 5.41) is 2.91. The number of hydrogen-bond donors (Lipinski definition) is 1. The zero-order valence-corrected chi connectivity index (χ0v) is 16.1. The van der Waals surface area contributed by atoms with Gasteiger partial charge in [-0.2, -0.15) is 0 Å². The summed E-state index contributed by atoms with van der Waals surface area (Å²) in [7, 11) is 0. The quantitative estimate of drug-likeness (QED) is 0.699. The van der Waals surface area contributed by atoms with Gasteiger partial charge in [-0.25, -0.2) is 14.4 Å². The van der Waals surface area contributed by atoms with Gasteiger partial charge in [0.25, 0.3) is 5.91 Å². The van der Waals surface area contributed by atoms with Crippen molar-refractivity contribution in [3.63, 3.8) is 0 Å². The van der Waals surface area contributed by atoms with Crippen LogP contribution in [0.15, 0.2) is 67.0 Å². The van der Waals surface area contributed by atoms with Gasteiger partial charge in [-0.05, 0) is 42.9 Å². The van der Waals surface area contributed by atoms with E-state index in [1.54, 1.807) is 24.3 Å². The first-order chi connectivity index (χ1) is 14.2. The van der Waals surface area contributed by atoms with Gasteiger partial charge in [0, 0.05) is 19.2 Å². The van der Waals surface area contributed by atoms with E-state index < -0.39 is 0 Å². The van der Waals surface area contributed by atoms with Gasteiger partial charge in [-0.15, -0.1) is 0 Å². The number of carbonyl (C=O) groups excluding carboxylic acids is 1. The molecule has 148 valence electrons. The zero-order chi connectivity index (χ0) is 20.1. The number of halogens is 1. The molecular weight excluding hydrogens is 367 g/mol. The highest BCUT2D eigenvalue weighted by Gasteiger charge is 2.24. The Kier molecular flexibility index (Phi) is 5.79. The number of hydrogen-bond acceptors (Lipinski definition) is 4. The number of likely N-dealkylation sites (tertiary alicyclic amines) is 1. The lowest BCUT2D eigenvalue weighted by Crippen LogP contribution is -2.39. The Morgan fingerprint density at radius 2 is 1.76 bits per heavy atom. The lowest BCUT2D eigenvalue weighted by Gasteiger charge is -2.32. The van der Waals surface area contributed by atoms with E-state index >= 15 is 0 Å². The molecule has 1 aromatic heterocycles. The van der Waals surface area contributed by atoms with E-state index in [1.165, 1.54) is 18.0 Å². The van der Waals surface area contributed by atoms with Gasteiger partial charge < -0.3 is 10.2 Å². The third-order valence-electron chi connectivity index (χ3n) is 5.29. The monoisotopic (exact) mass is 390 g/mol. The fourth-order valence-electron chi connectivity index (χ4n) is 3.69. The van der Waals surface area contributed by atoms with Crippen molar-refractivity contribution in [3.8, 4) is 0 Å². The molecule has 2 heterocycles. The molecule has 1 amide bonds. The number of para-hydroxylation sites is 1. The topological polar surface area (TPSA) is 58.1 Å². The van der Waals surface area contributed by atoms with Crippen LogP contribution in [0.25, 0.3) is 0 Å². The van der Waals surface area contributed by atoms with Gasteiger partial charge in [0.1, 0.15) is 23.7 Å².